The fourth-order valence-corrected chi connectivity index (χ4v) is 3.28. The highest BCUT2D eigenvalue weighted by molar-refractivity contribution is 14.0. The Morgan fingerprint density at radius 2 is 2.07 bits per heavy atom. The molecule has 6 nitrogen and oxygen atoms in total. The molecule has 1 atom stereocenters. The number of pyridine rings is 1. The lowest BCUT2D eigenvalue weighted by Crippen LogP contribution is -2.44. The Kier molecular flexibility index (Phi) is 8.42. The maximum atomic E-state index is 14.1. The fraction of sp³-hybridized carbons (Fsp3) is 0.400. The molecule has 2 heterocycles. The third kappa shape index (κ3) is 5.91. The van der Waals surface area contributed by atoms with Crippen LogP contribution in [0.25, 0.3) is 0 Å². The van der Waals surface area contributed by atoms with Crippen LogP contribution < -0.4 is 20.4 Å². The minimum atomic E-state index is -0.311. The number of rotatable bonds is 5. The van der Waals surface area contributed by atoms with Gasteiger partial charge in [0.15, 0.2) is 17.6 Å². The standard InChI is InChI=1S/C20H26F2N6.HI/c1-23-20(25-12-14-6-7-18(27(2)3)17(22)11-14)26-15-8-10-28(13-15)19-16(21)5-4-9-24-19;/h4-7,9,11,15H,8,10,12-13H2,1-3H3,(H2,23,25,26);1H. The molecule has 3 rings (SSSR count). The minimum absolute atomic E-state index is 0. The van der Waals surface area contributed by atoms with Crippen LogP contribution in [0.4, 0.5) is 20.3 Å². The number of guanidine groups is 1. The van der Waals surface area contributed by atoms with Gasteiger partial charge in [-0.1, -0.05) is 6.07 Å². The van der Waals surface area contributed by atoms with Crippen LogP contribution in [-0.2, 0) is 6.54 Å². The van der Waals surface area contributed by atoms with Crippen molar-refractivity contribution in [1.82, 2.24) is 15.6 Å². The van der Waals surface area contributed by atoms with E-state index >= 15 is 0 Å². The van der Waals surface area contributed by atoms with Crippen molar-refractivity contribution in [1.29, 1.82) is 0 Å². The van der Waals surface area contributed by atoms with Crippen molar-refractivity contribution < 1.29 is 8.78 Å². The Morgan fingerprint density at radius 3 is 2.72 bits per heavy atom. The molecule has 2 N–H and O–H groups in total. The lowest BCUT2D eigenvalue weighted by Gasteiger charge is -2.20. The molecule has 0 spiro atoms. The maximum absolute atomic E-state index is 14.1. The number of aliphatic imine (C=N–C) groups is 1. The van der Waals surface area contributed by atoms with E-state index in [0.29, 0.717) is 30.6 Å². The molecule has 9 heteroatoms. The van der Waals surface area contributed by atoms with Gasteiger partial charge in [0.25, 0.3) is 0 Å². The zero-order valence-electron chi connectivity index (χ0n) is 16.8. The second kappa shape index (κ2) is 10.6. The molecule has 0 amide bonds. The molecule has 1 aromatic heterocycles. The summed E-state index contributed by atoms with van der Waals surface area (Å²) in [5, 5.41) is 6.55. The molecule has 1 aliphatic rings. The summed E-state index contributed by atoms with van der Waals surface area (Å²) < 4.78 is 28.0. The summed E-state index contributed by atoms with van der Waals surface area (Å²) in [5.74, 6) is 0.446. The monoisotopic (exact) mass is 516 g/mol. The normalized spacial score (nSPS) is 16.4. The molecule has 0 saturated carbocycles. The second-order valence-electron chi connectivity index (χ2n) is 6.99. The molecular weight excluding hydrogens is 489 g/mol. The predicted molar refractivity (Wildman–Crippen MR) is 124 cm³/mol. The Hall–Kier alpha value is -2.17. The number of aromatic nitrogens is 1. The van der Waals surface area contributed by atoms with Crippen LogP contribution in [0, 0.1) is 11.6 Å². The van der Waals surface area contributed by atoms with Gasteiger partial charge in [-0.05, 0) is 36.2 Å². The molecule has 2 aromatic rings. The Morgan fingerprint density at radius 1 is 1.28 bits per heavy atom. The average Bonchev–Trinajstić information content (AvgIpc) is 3.13. The van der Waals surface area contributed by atoms with Gasteiger partial charge in [0.1, 0.15) is 5.82 Å². The van der Waals surface area contributed by atoms with Crippen LogP contribution in [-0.4, -0.2) is 51.2 Å². The topological polar surface area (TPSA) is 55.8 Å². The summed E-state index contributed by atoms with van der Waals surface area (Å²) in [6.07, 6.45) is 2.45. The van der Waals surface area contributed by atoms with E-state index in [1.54, 1.807) is 30.3 Å². The average molecular weight is 516 g/mol. The minimum Gasteiger partial charge on any atom is -0.375 e. The van der Waals surface area contributed by atoms with Gasteiger partial charge >= 0.3 is 0 Å². The predicted octanol–water partition coefficient (Wildman–Crippen LogP) is 2.99. The van der Waals surface area contributed by atoms with Gasteiger partial charge in [-0.15, -0.1) is 24.0 Å². The quantitative estimate of drug-likeness (QED) is 0.364. The number of halogens is 3. The summed E-state index contributed by atoms with van der Waals surface area (Å²) in [4.78, 5) is 12.0. The van der Waals surface area contributed by atoms with Crippen molar-refractivity contribution >= 4 is 41.4 Å². The zero-order chi connectivity index (χ0) is 20.1. The first kappa shape index (κ1) is 23.1. The highest BCUT2D eigenvalue weighted by Crippen LogP contribution is 2.21. The fourth-order valence-electron chi connectivity index (χ4n) is 3.28. The number of nitrogens with one attached hydrogen (secondary N) is 2. The van der Waals surface area contributed by atoms with E-state index in [1.807, 2.05) is 25.1 Å². The van der Waals surface area contributed by atoms with Crippen LogP contribution in [0.2, 0.25) is 0 Å². The van der Waals surface area contributed by atoms with Crippen LogP contribution >= 0.6 is 24.0 Å². The largest absolute Gasteiger partial charge is 0.375 e. The van der Waals surface area contributed by atoms with E-state index in [9.17, 15) is 8.78 Å². The van der Waals surface area contributed by atoms with Crippen LogP contribution in [0.5, 0.6) is 0 Å². The molecule has 1 unspecified atom stereocenters. The third-order valence-corrected chi connectivity index (χ3v) is 4.75. The van der Waals surface area contributed by atoms with E-state index in [0.717, 1.165) is 18.5 Å². The Bertz CT molecular complexity index is 845. The van der Waals surface area contributed by atoms with Crippen LogP contribution in [0.3, 0.4) is 0 Å². The molecule has 29 heavy (non-hydrogen) atoms. The van der Waals surface area contributed by atoms with Gasteiger partial charge < -0.3 is 20.4 Å². The van der Waals surface area contributed by atoms with Crippen molar-refractivity contribution in [2.75, 3.05) is 44.0 Å². The van der Waals surface area contributed by atoms with Crippen molar-refractivity contribution in [3.8, 4) is 0 Å². The number of anilines is 2. The Labute approximate surface area is 187 Å². The molecule has 0 aliphatic carbocycles. The van der Waals surface area contributed by atoms with Gasteiger partial charge in [-0.2, -0.15) is 0 Å². The van der Waals surface area contributed by atoms with Crippen molar-refractivity contribution in [2.45, 2.75) is 19.0 Å². The number of hydrogen-bond acceptors (Lipinski definition) is 4. The second-order valence-corrected chi connectivity index (χ2v) is 6.99. The number of benzene rings is 1. The first-order valence-corrected chi connectivity index (χ1v) is 9.26. The highest BCUT2D eigenvalue weighted by Gasteiger charge is 2.25. The lowest BCUT2D eigenvalue weighted by molar-refractivity contribution is 0.612. The van der Waals surface area contributed by atoms with Crippen LogP contribution in [0.15, 0.2) is 41.5 Å². The molecule has 1 fully saturated rings. The number of hydrogen-bond donors (Lipinski definition) is 2. The van der Waals surface area contributed by atoms with Crippen molar-refractivity contribution in [3.63, 3.8) is 0 Å². The lowest BCUT2D eigenvalue weighted by atomic mass is 10.2. The first-order valence-electron chi connectivity index (χ1n) is 9.26. The summed E-state index contributed by atoms with van der Waals surface area (Å²) in [6.45, 7) is 1.82. The molecule has 158 valence electrons. The first-order chi connectivity index (χ1) is 13.5. The summed E-state index contributed by atoms with van der Waals surface area (Å²) in [5.41, 5.74) is 1.38. The van der Waals surface area contributed by atoms with E-state index in [4.69, 9.17) is 0 Å². The smallest absolute Gasteiger partial charge is 0.191 e. The third-order valence-electron chi connectivity index (χ3n) is 4.75. The molecule has 1 aliphatic heterocycles. The SMILES string of the molecule is CN=C(NCc1ccc(N(C)C)c(F)c1)NC1CCN(c2ncccc2F)C1.I. The van der Waals surface area contributed by atoms with Gasteiger partial charge in [-0.25, -0.2) is 13.8 Å². The summed E-state index contributed by atoms with van der Waals surface area (Å²) >= 11 is 0. The Balaban J connectivity index is 0.00000300. The van der Waals surface area contributed by atoms with Crippen molar-refractivity contribution in [2.24, 2.45) is 4.99 Å². The molecular formula is C20H27F2IN6. The number of nitrogens with zero attached hydrogens (tertiary/aromatic N) is 4. The van der Waals surface area contributed by atoms with E-state index in [-0.39, 0.29) is 41.7 Å². The molecule has 1 saturated heterocycles. The van der Waals surface area contributed by atoms with Gasteiger partial charge in [-0.3, -0.25) is 4.99 Å². The summed E-state index contributed by atoms with van der Waals surface area (Å²) in [7, 11) is 5.31. The van der Waals surface area contributed by atoms with Crippen molar-refractivity contribution in [3.05, 3.63) is 53.7 Å². The van der Waals surface area contributed by atoms with Crippen LogP contribution in [0.1, 0.15) is 12.0 Å². The van der Waals surface area contributed by atoms with E-state index in [1.165, 1.54) is 12.1 Å². The van der Waals surface area contributed by atoms with E-state index < -0.39 is 0 Å². The molecule has 0 bridgehead atoms. The zero-order valence-corrected chi connectivity index (χ0v) is 19.2. The highest BCUT2D eigenvalue weighted by atomic mass is 127. The van der Waals surface area contributed by atoms with E-state index in [2.05, 4.69) is 20.6 Å². The van der Waals surface area contributed by atoms with Gasteiger partial charge in [0.2, 0.25) is 0 Å². The van der Waals surface area contributed by atoms with Gasteiger partial charge in [0.05, 0.1) is 5.69 Å². The maximum Gasteiger partial charge on any atom is 0.191 e. The molecule has 0 radical (unpaired) electrons. The molecule has 1 aromatic carbocycles. The van der Waals surface area contributed by atoms with Gasteiger partial charge in [0, 0.05) is 53.0 Å². The summed E-state index contributed by atoms with van der Waals surface area (Å²) in [6, 6.07) is 8.31.